The van der Waals surface area contributed by atoms with Crippen molar-refractivity contribution in [1.82, 2.24) is 0 Å². The number of carbonyl (C=O) groups is 1. The van der Waals surface area contributed by atoms with E-state index in [1.54, 1.807) is 0 Å². The normalized spacial score (nSPS) is 26.8. The van der Waals surface area contributed by atoms with E-state index >= 15 is 0 Å². The molecule has 0 aromatic heterocycles. The summed E-state index contributed by atoms with van der Waals surface area (Å²) in [4.78, 5) is 12.1. The lowest BCUT2D eigenvalue weighted by molar-refractivity contribution is -0.173. The molecule has 1 fully saturated rings. The van der Waals surface area contributed by atoms with Gasteiger partial charge < -0.3 is 9.84 Å². The summed E-state index contributed by atoms with van der Waals surface area (Å²) >= 11 is 0. The molecular formula is C22H42O3. The van der Waals surface area contributed by atoms with Crippen molar-refractivity contribution in [2.24, 2.45) is 11.8 Å². The number of esters is 1. The van der Waals surface area contributed by atoms with Crippen molar-refractivity contribution in [2.75, 3.05) is 0 Å². The van der Waals surface area contributed by atoms with Crippen LogP contribution < -0.4 is 0 Å². The summed E-state index contributed by atoms with van der Waals surface area (Å²) in [7, 11) is 0. The van der Waals surface area contributed by atoms with Crippen LogP contribution in [0.25, 0.3) is 0 Å². The van der Waals surface area contributed by atoms with Crippen molar-refractivity contribution >= 4 is 5.97 Å². The largest absolute Gasteiger partial charge is 0.459 e. The first-order valence-electron chi connectivity index (χ1n) is 10.8. The van der Waals surface area contributed by atoms with E-state index in [1.807, 2.05) is 6.92 Å². The van der Waals surface area contributed by atoms with Gasteiger partial charge in [-0.1, -0.05) is 72.1 Å². The van der Waals surface area contributed by atoms with Crippen LogP contribution in [0.5, 0.6) is 0 Å². The van der Waals surface area contributed by atoms with Crippen LogP contribution in [0, 0.1) is 11.8 Å². The van der Waals surface area contributed by atoms with E-state index < -0.39 is 5.60 Å². The topological polar surface area (TPSA) is 46.5 Å². The standard InChI is InChI=1S/C22H42O3/c1-5-6-7-8-9-10-11-12-13-14-21(23)25-20-17-19(18(2)3)15-16-22(20,4)24/h18-20,24H,5-17H2,1-4H3. The number of aliphatic hydroxyl groups is 1. The highest BCUT2D eigenvalue weighted by Crippen LogP contribution is 2.37. The van der Waals surface area contributed by atoms with Crippen molar-refractivity contribution in [1.29, 1.82) is 0 Å². The number of hydrogen-bond acceptors (Lipinski definition) is 3. The van der Waals surface area contributed by atoms with Gasteiger partial charge in [0, 0.05) is 6.42 Å². The zero-order chi connectivity index (χ0) is 18.7. The minimum Gasteiger partial charge on any atom is -0.459 e. The monoisotopic (exact) mass is 354 g/mol. The summed E-state index contributed by atoms with van der Waals surface area (Å²) in [5.74, 6) is 0.998. The maximum atomic E-state index is 12.1. The van der Waals surface area contributed by atoms with Gasteiger partial charge in [0.05, 0.1) is 5.60 Å². The average Bonchev–Trinajstić information content (AvgIpc) is 2.55. The molecule has 25 heavy (non-hydrogen) atoms. The quantitative estimate of drug-likeness (QED) is 0.344. The van der Waals surface area contributed by atoms with Crippen LogP contribution in [-0.2, 0) is 9.53 Å². The van der Waals surface area contributed by atoms with Gasteiger partial charge in [0.2, 0.25) is 0 Å². The molecule has 0 aliphatic heterocycles. The Labute approximate surface area is 155 Å². The molecule has 0 radical (unpaired) electrons. The van der Waals surface area contributed by atoms with E-state index in [1.165, 1.54) is 44.9 Å². The lowest BCUT2D eigenvalue weighted by Gasteiger charge is -2.41. The van der Waals surface area contributed by atoms with Crippen LogP contribution in [0.3, 0.4) is 0 Å². The Kier molecular flexibility index (Phi) is 10.7. The molecule has 1 aliphatic carbocycles. The molecular weight excluding hydrogens is 312 g/mol. The molecule has 0 heterocycles. The molecule has 0 bridgehead atoms. The number of rotatable bonds is 12. The Bertz CT molecular complexity index is 362. The van der Waals surface area contributed by atoms with Gasteiger partial charge in [0.1, 0.15) is 6.10 Å². The maximum Gasteiger partial charge on any atom is 0.306 e. The zero-order valence-corrected chi connectivity index (χ0v) is 17.2. The van der Waals surface area contributed by atoms with Crippen LogP contribution in [-0.4, -0.2) is 22.8 Å². The molecule has 3 heteroatoms. The van der Waals surface area contributed by atoms with Gasteiger partial charge in [-0.3, -0.25) is 4.79 Å². The van der Waals surface area contributed by atoms with Crippen LogP contribution >= 0.6 is 0 Å². The van der Waals surface area contributed by atoms with E-state index in [0.29, 0.717) is 18.3 Å². The number of carbonyl (C=O) groups excluding carboxylic acids is 1. The zero-order valence-electron chi connectivity index (χ0n) is 17.2. The molecule has 1 aliphatic rings. The molecule has 148 valence electrons. The van der Waals surface area contributed by atoms with E-state index in [-0.39, 0.29) is 12.1 Å². The molecule has 1 rings (SSSR count). The summed E-state index contributed by atoms with van der Waals surface area (Å²) in [6.45, 7) is 8.49. The van der Waals surface area contributed by atoms with Gasteiger partial charge in [0.25, 0.3) is 0 Å². The van der Waals surface area contributed by atoms with Gasteiger partial charge in [-0.25, -0.2) is 0 Å². The summed E-state index contributed by atoms with van der Waals surface area (Å²) in [5, 5.41) is 10.5. The predicted octanol–water partition coefficient (Wildman–Crippen LogP) is 6.03. The first kappa shape index (κ1) is 22.5. The highest BCUT2D eigenvalue weighted by molar-refractivity contribution is 5.69. The van der Waals surface area contributed by atoms with Crippen LogP contribution in [0.2, 0.25) is 0 Å². The second kappa shape index (κ2) is 11.9. The first-order chi connectivity index (χ1) is 11.9. The van der Waals surface area contributed by atoms with Gasteiger partial charge in [0.15, 0.2) is 0 Å². The molecule has 1 saturated carbocycles. The molecule has 0 amide bonds. The first-order valence-corrected chi connectivity index (χ1v) is 10.8. The summed E-state index contributed by atoms with van der Waals surface area (Å²) in [6, 6.07) is 0. The van der Waals surface area contributed by atoms with Crippen LogP contribution in [0.1, 0.15) is 111 Å². The van der Waals surface area contributed by atoms with E-state index in [4.69, 9.17) is 4.74 Å². The Morgan fingerprint density at radius 3 is 2.20 bits per heavy atom. The van der Waals surface area contributed by atoms with Crippen molar-refractivity contribution < 1.29 is 14.6 Å². The fourth-order valence-electron chi connectivity index (χ4n) is 3.86. The molecule has 0 aromatic rings. The van der Waals surface area contributed by atoms with E-state index in [2.05, 4.69) is 20.8 Å². The lowest BCUT2D eigenvalue weighted by atomic mass is 9.73. The third-order valence-corrected chi connectivity index (χ3v) is 5.93. The average molecular weight is 355 g/mol. The number of hydrogen-bond donors (Lipinski definition) is 1. The van der Waals surface area contributed by atoms with E-state index in [9.17, 15) is 9.90 Å². The maximum absolute atomic E-state index is 12.1. The molecule has 0 spiro atoms. The van der Waals surface area contributed by atoms with Gasteiger partial charge in [-0.15, -0.1) is 0 Å². The van der Waals surface area contributed by atoms with Crippen molar-refractivity contribution in [3.05, 3.63) is 0 Å². The van der Waals surface area contributed by atoms with Crippen molar-refractivity contribution in [3.63, 3.8) is 0 Å². The van der Waals surface area contributed by atoms with Gasteiger partial charge >= 0.3 is 5.97 Å². The predicted molar refractivity (Wildman–Crippen MR) is 105 cm³/mol. The number of unbranched alkanes of at least 4 members (excludes halogenated alkanes) is 8. The highest BCUT2D eigenvalue weighted by atomic mass is 16.6. The molecule has 0 aromatic carbocycles. The summed E-state index contributed by atoms with van der Waals surface area (Å²) in [6.07, 6.45) is 13.9. The molecule has 3 atom stereocenters. The highest BCUT2D eigenvalue weighted by Gasteiger charge is 2.41. The lowest BCUT2D eigenvalue weighted by Crippen LogP contribution is -2.47. The van der Waals surface area contributed by atoms with Crippen molar-refractivity contribution in [3.8, 4) is 0 Å². The Hall–Kier alpha value is -0.570. The van der Waals surface area contributed by atoms with Crippen molar-refractivity contribution in [2.45, 2.75) is 123 Å². The minimum absolute atomic E-state index is 0.127. The smallest absolute Gasteiger partial charge is 0.306 e. The molecule has 3 nitrogen and oxygen atoms in total. The summed E-state index contributed by atoms with van der Waals surface area (Å²) < 4.78 is 5.67. The SMILES string of the molecule is CCCCCCCCCCCC(=O)OC1CC(C(C)C)CCC1(C)O. The number of ether oxygens (including phenoxy) is 1. The van der Waals surface area contributed by atoms with E-state index in [0.717, 1.165) is 32.1 Å². The fourth-order valence-corrected chi connectivity index (χ4v) is 3.86. The van der Waals surface area contributed by atoms with Crippen LogP contribution in [0.15, 0.2) is 0 Å². The Balaban J connectivity index is 2.16. The molecule has 1 N–H and O–H groups in total. The minimum atomic E-state index is -0.862. The third kappa shape index (κ3) is 9.08. The second-order valence-corrected chi connectivity index (χ2v) is 8.69. The second-order valence-electron chi connectivity index (χ2n) is 8.69. The van der Waals surface area contributed by atoms with Gasteiger partial charge in [-0.2, -0.15) is 0 Å². The Morgan fingerprint density at radius 2 is 1.64 bits per heavy atom. The van der Waals surface area contributed by atoms with Gasteiger partial charge in [-0.05, 0) is 44.4 Å². The van der Waals surface area contributed by atoms with Crippen LogP contribution in [0.4, 0.5) is 0 Å². The summed E-state index contributed by atoms with van der Waals surface area (Å²) in [5.41, 5.74) is -0.862. The third-order valence-electron chi connectivity index (χ3n) is 5.93. The molecule has 3 unspecified atom stereocenters. The molecule has 0 saturated heterocycles. The fraction of sp³-hybridized carbons (Fsp3) is 0.955. The Morgan fingerprint density at radius 1 is 1.08 bits per heavy atom.